The zero-order valence-electron chi connectivity index (χ0n) is 11.4. The van der Waals surface area contributed by atoms with E-state index >= 15 is 0 Å². The molecule has 1 aliphatic carbocycles. The van der Waals surface area contributed by atoms with Crippen LogP contribution in [0.4, 0.5) is 0 Å². The molecule has 0 N–H and O–H groups in total. The van der Waals surface area contributed by atoms with Crippen LogP contribution < -0.4 is 0 Å². The molecule has 0 spiro atoms. The monoisotopic (exact) mass is 305 g/mol. The van der Waals surface area contributed by atoms with Crippen molar-refractivity contribution < 1.29 is 0 Å². The summed E-state index contributed by atoms with van der Waals surface area (Å²) in [5, 5.41) is 0. The molecular formula is C14H27NS3. The molecule has 18 heavy (non-hydrogen) atoms. The fraction of sp³-hybridized carbons (Fsp3) is 1.00. The molecule has 0 aromatic rings. The number of hydrogen-bond acceptors (Lipinski definition) is 4. The summed E-state index contributed by atoms with van der Waals surface area (Å²) in [4.78, 5) is 2.79. The summed E-state index contributed by atoms with van der Waals surface area (Å²) in [6, 6.07) is 0.886. The molecule has 106 valence electrons. The Balaban J connectivity index is 1.81. The predicted octanol–water partition coefficient (Wildman–Crippen LogP) is 4.53. The highest BCUT2D eigenvalue weighted by molar-refractivity contribution is 8.04. The van der Waals surface area contributed by atoms with Crippen molar-refractivity contribution in [2.75, 3.05) is 34.8 Å². The molecule has 2 fully saturated rings. The van der Waals surface area contributed by atoms with Crippen molar-refractivity contribution in [3.8, 4) is 0 Å². The van der Waals surface area contributed by atoms with Gasteiger partial charge in [0.05, 0.1) is 0 Å². The topological polar surface area (TPSA) is 3.24 Å². The maximum Gasteiger partial charge on any atom is 0.0455 e. The third-order valence-electron chi connectivity index (χ3n) is 3.85. The molecule has 1 saturated carbocycles. The van der Waals surface area contributed by atoms with Gasteiger partial charge in [-0.05, 0) is 12.8 Å². The number of rotatable bonds is 1. The molecule has 0 aromatic carbocycles. The van der Waals surface area contributed by atoms with Crippen LogP contribution in [0.2, 0.25) is 0 Å². The van der Waals surface area contributed by atoms with Crippen molar-refractivity contribution in [1.29, 1.82) is 0 Å². The molecule has 0 bridgehead atoms. The van der Waals surface area contributed by atoms with Gasteiger partial charge in [-0.15, -0.1) is 23.5 Å². The van der Waals surface area contributed by atoms with Crippen molar-refractivity contribution in [3.63, 3.8) is 0 Å². The van der Waals surface area contributed by atoms with E-state index in [1.54, 1.807) is 0 Å². The Morgan fingerprint density at radius 1 is 0.611 bits per heavy atom. The van der Waals surface area contributed by atoms with Gasteiger partial charge in [0.15, 0.2) is 0 Å². The van der Waals surface area contributed by atoms with Gasteiger partial charge in [0.1, 0.15) is 0 Å². The van der Waals surface area contributed by atoms with Gasteiger partial charge in [0.25, 0.3) is 0 Å². The molecule has 1 nitrogen and oxygen atoms in total. The standard InChI is InChI=1S/C14H27NS3/c1-2-4-6-14(7-5-3-1)15-12-17-10-8-16-9-11-18-13-15/h14H,1-13H2. The Morgan fingerprint density at radius 3 is 1.72 bits per heavy atom. The van der Waals surface area contributed by atoms with E-state index in [0.29, 0.717) is 0 Å². The molecule has 4 heteroatoms. The van der Waals surface area contributed by atoms with Gasteiger partial charge >= 0.3 is 0 Å². The fourth-order valence-corrected chi connectivity index (χ4v) is 6.29. The molecular weight excluding hydrogens is 278 g/mol. The van der Waals surface area contributed by atoms with E-state index < -0.39 is 0 Å². The van der Waals surface area contributed by atoms with Gasteiger partial charge in [-0.2, -0.15) is 11.8 Å². The smallest absolute Gasteiger partial charge is 0.0455 e. The van der Waals surface area contributed by atoms with Crippen LogP contribution in [0.3, 0.4) is 0 Å². The second-order valence-electron chi connectivity index (χ2n) is 5.27. The highest BCUT2D eigenvalue weighted by Gasteiger charge is 2.19. The van der Waals surface area contributed by atoms with E-state index in [1.165, 1.54) is 79.7 Å². The van der Waals surface area contributed by atoms with Crippen molar-refractivity contribution in [2.24, 2.45) is 0 Å². The van der Waals surface area contributed by atoms with Gasteiger partial charge in [0.2, 0.25) is 0 Å². The average molecular weight is 306 g/mol. The summed E-state index contributed by atoms with van der Waals surface area (Å²) in [7, 11) is 0. The van der Waals surface area contributed by atoms with E-state index in [4.69, 9.17) is 0 Å². The van der Waals surface area contributed by atoms with Gasteiger partial charge in [-0.25, -0.2) is 0 Å². The average Bonchev–Trinajstić information content (AvgIpc) is 2.36. The van der Waals surface area contributed by atoms with Crippen LogP contribution in [-0.4, -0.2) is 45.7 Å². The Hall–Kier alpha value is 1.01. The van der Waals surface area contributed by atoms with E-state index in [9.17, 15) is 0 Å². The molecule has 0 unspecified atom stereocenters. The molecule has 0 aromatic heterocycles. The van der Waals surface area contributed by atoms with Crippen LogP contribution in [0.15, 0.2) is 0 Å². The first kappa shape index (κ1) is 15.4. The predicted molar refractivity (Wildman–Crippen MR) is 89.9 cm³/mol. The Morgan fingerprint density at radius 2 is 1.11 bits per heavy atom. The lowest BCUT2D eigenvalue weighted by Gasteiger charge is -2.33. The highest BCUT2D eigenvalue weighted by atomic mass is 32.2. The lowest BCUT2D eigenvalue weighted by Crippen LogP contribution is -2.36. The lowest BCUT2D eigenvalue weighted by molar-refractivity contribution is 0.225. The van der Waals surface area contributed by atoms with Crippen molar-refractivity contribution in [3.05, 3.63) is 0 Å². The third kappa shape index (κ3) is 5.98. The number of hydrogen-bond donors (Lipinski definition) is 0. The van der Waals surface area contributed by atoms with Gasteiger partial charge in [-0.3, -0.25) is 4.90 Å². The quantitative estimate of drug-likeness (QED) is 0.700. The largest absolute Gasteiger partial charge is 0.282 e. The molecule has 1 saturated heterocycles. The molecule has 0 atom stereocenters. The first-order chi connectivity index (χ1) is 8.97. The maximum atomic E-state index is 2.79. The van der Waals surface area contributed by atoms with Crippen molar-refractivity contribution in [1.82, 2.24) is 4.90 Å². The molecule has 1 aliphatic heterocycles. The van der Waals surface area contributed by atoms with Gasteiger partial charge < -0.3 is 0 Å². The second kappa shape index (κ2) is 9.84. The molecule has 1 heterocycles. The Labute approximate surface area is 126 Å². The minimum absolute atomic E-state index is 0.886. The summed E-state index contributed by atoms with van der Waals surface area (Å²) < 4.78 is 0. The lowest BCUT2D eigenvalue weighted by atomic mass is 9.96. The van der Waals surface area contributed by atoms with Crippen LogP contribution >= 0.6 is 35.3 Å². The summed E-state index contributed by atoms with van der Waals surface area (Å²) in [5.74, 6) is 7.95. The van der Waals surface area contributed by atoms with Gasteiger partial charge in [0, 0.05) is 40.8 Å². The zero-order chi connectivity index (χ0) is 12.5. The van der Waals surface area contributed by atoms with Crippen molar-refractivity contribution >= 4 is 35.3 Å². The zero-order valence-corrected chi connectivity index (χ0v) is 13.9. The van der Waals surface area contributed by atoms with Crippen LogP contribution in [0.25, 0.3) is 0 Å². The van der Waals surface area contributed by atoms with E-state index in [1.807, 2.05) is 0 Å². The van der Waals surface area contributed by atoms with Crippen molar-refractivity contribution in [2.45, 2.75) is 51.0 Å². The van der Waals surface area contributed by atoms with Crippen LogP contribution in [0.1, 0.15) is 44.9 Å². The molecule has 2 rings (SSSR count). The summed E-state index contributed by atoms with van der Waals surface area (Å²) in [6.45, 7) is 0. The van der Waals surface area contributed by atoms with Crippen LogP contribution in [-0.2, 0) is 0 Å². The minimum atomic E-state index is 0.886. The van der Waals surface area contributed by atoms with E-state index in [0.717, 1.165) is 6.04 Å². The Bertz CT molecular complexity index is 195. The first-order valence-corrected chi connectivity index (χ1v) is 10.9. The Kier molecular flexibility index (Phi) is 8.42. The SMILES string of the molecule is C1CCCC(N2CSCCSCCSC2)CCC1. The van der Waals surface area contributed by atoms with E-state index in [-0.39, 0.29) is 0 Å². The molecule has 0 radical (unpaired) electrons. The highest BCUT2D eigenvalue weighted by Crippen LogP contribution is 2.25. The molecule has 2 aliphatic rings. The summed E-state index contributed by atoms with van der Waals surface area (Å²) in [5.41, 5.74) is 0. The normalized spacial score (nSPS) is 27.3. The number of thioether (sulfide) groups is 3. The van der Waals surface area contributed by atoms with E-state index in [2.05, 4.69) is 40.2 Å². The summed E-state index contributed by atoms with van der Waals surface area (Å²) >= 11 is 6.45. The third-order valence-corrected chi connectivity index (χ3v) is 7.37. The first-order valence-electron chi connectivity index (χ1n) is 7.44. The second-order valence-corrected chi connectivity index (χ2v) is 8.65. The fourth-order valence-electron chi connectivity index (χ4n) is 2.75. The molecule has 0 amide bonds. The van der Waals surface area contributed by atoms with Crippen LogP contribution in [0.5, 0.6) is 0 Å². The van der Waals surface area contributed by atoms with Crippen LogP contribution in [0, 0.1) is 0 Å². The minimum Gasteiger partial charge on any atom is -0.282 e. The number of nitrogens with zero attached hydrogens (tertiary/aromatic N) is 1. The summed E-state index contributed by atoms with van der Waals surface area (Å²) in [6.07, 6.45) is 10.3. The van der Waals surface area contributed by atoms with Gasteiger partial charge in [-0.1, -0.05) is 32.1 Å². The maximum absolute atomic E-state index is 2.79.